The Morgan fingerprint density at radius 1 is 1.53 bits per heavy atom. The molecule has 2 unspecified atom stereocenters. The summed E-state index contributed by atoms with van der Waals surface area (Å²) in [5.41, 5.74) is 7.12. The minimum Gasteiger partial charge on any atom is -0.487 e. The summed E-state index contributed by atoms with van der Waals surface area (Å²) in [5.74, 6) is 0.755. The predicted octanol–water partition coefficient (Wildman–Crippen LogP) is 3.66. The van der Waals surface area contributed by atoms with Crippen LogP contribution in [0.3, 0.4) is 0 Å². The molecular weight excluding hydrogens is 277 g/mol. The van der Waals surface area contributed by atoms with Gasteiger partial charge >= 0.3 is 0 Å². The Morgan fingerprint density at radius 3 is 2.93 bits per heavy atom. The molecule has 1 heterocycles. The number of hydrogen-bond acceptors (Lipinski definition) is 2. The van der Waals surface area contributed by atoms with Crippen molar-refractivity contribution in [1.29, 1.82) is 0 Å². The largest absolute Gasteiger partial charge is 0.487 e. The first kappa shape index (κ1) is 11.2. The zero-order valence-corrected chi connectivity index (χ0v) is 10.8. The van der Waals surface area contributed by atoms with E-state index in [0.29, 0.717) is 5.02 Å². The molecule has 2 rings (SSSR count). The lowest BCUT2D eigenvalue weighted by Crippen LogP contribution is -2.24. The quantitative estimate of drug-likeness (QED) is 0.902. The molecule has 0 amide bonds. The second-order valence-corrected chi connectivity index (χ2v) is 5.10. The first-order chi connectivity index (χ1) is 7.13. The van der Waals surface area contributed by atoms with Gasteiger partial charge < -0.3 is 10.5 Å². The van der Waals surface area contributed by atoms with Crippen molar-refractivity contribution in [3.05, 3.63) is 27.2 Å². The van der Waals surface area contributed by atoms with Gasteiger partial charge in [0.05, 0.1) is 11.1 Å². The average Bonchev–Trinajstić information content (AvgIpc) is 2.47. The van der Waals surface area contributed by atoms with Crippen LogP contribution in [0.15, 0.2) is 16.6 Å². The standard InChI is InChI=1S/C11H13BrClNO/c1-2-3-9-10(14)7-4-6(12)5-8(13)11(7)15-9/h4-5,9-10H,2-3,14H2,1H3. The second-order valence-electron chi connectivity index (χ2n) is 3.78. The van der Waals surface area contributed by atoms with Crippen LogP contribution in [0.2, 0.25) is 5.02 Å². The smallest absolute Gasteiger partial charge is 0.143 e. The first-order valence-corrected chi connectivity index (χ1v) is 6.21. The highest BCUT2D eigenvalue weighted by atomic mass is 79.9. The summed E-state index contributed by atoms with van der Waals surface area (Å²) < 4.78 is 6.71. The summed E-state index contributed by atoms with van der Waals surface area (Å²) >= 11 is 9.50. The van der Waals surface area contributed by atoms with E-state index in [0.717, 1.165) is 28.6 Å². The third kappa shape index (κ3) is 2.01. The van der Waals surface area contributed by atoms with Gasteiger partial charge in [0, 0.05) is 10.0 Å². The Labute approximate surface area is 103 Å². The van der Waals surface area contributed by atoms with E-state index in [1.807, 2.05) is 12.1 Å². The molecule has 0 saturated carbocycles. The fraction of sp³-hybridized carbons (Fsp3) is 0.455. The number of benzene rings is 1. The molecule has 2 atom stereocenters. The summed E-state index contributed by atoms with van der Waals surface area (Å²) in [6, 6.07) is 3.76. The Hall–Kier alpha value is -0.250. The van der Waals surface area contributed by atoms with Crippen molar-refractivity contribution < 1.29 is 4.74 Å². The average molecular weight is 291 g/mol. The van der Waals surface area contributed by atoms with Gasteiger partial charge in [0.1, 0.15) is 11.9 Å². The van der Waals surface area contributed by atoms with E-state index in [9.17, 15) is 0 Å². The van der Waals surface area contributed by atoms with E-state index in [-0.39, 0.29) is 12.1 Å². The minimum absolute atomic E-state index is 0.0602. The van der Waals surface area contributed by atoms with Crippen molar-refractivity contribution in [3.63, 3.8) is 0 Å². The van der Waals surface area contributed by atoms with E-state index in [2.05, 4.69) is 22.9 Å². The molecule has 1 aromatic rings. The van der Waals surface area contributed by atoms with E-state index < -0.39 is 0 Å². The molecule has 0 spiro atoms. The van der Waals surface area contributed by atoms with Gasteiger partial charge in [0.2, 0.25) is 0 Å². The third-order valence-corrected chi connectivity index (χ3v) is 3.38. The van der Waals surface area contributed by atoms with Crippen LogP contribution in [0.25, 0.3) is 0 Å². The highest BCUT2D eigenvalue weighted by Crippen LogP contribution is 2.43. The zero-order valence-electron chi connectivity index (χ0n) is 8.47. The molecule has 2 nitrogen and oxygen atoms in total. The van der Waals surface area contributed by atoms with Crippen molar-refractivity contribution in [2.75, 3.05) is 0 Å². The first-order valence-electron chi connectivity index (χ1n) is 5.04. The Kier molecular flexibility index (Phi) is 3.24. The van der Waals surface area contributed by atoms with Crippen LogP contribution in [0.1, 0.15) is 31.4 Å². The highest BCUT2D eigenvalue weighted by Gasteiger charge is 2.32. The third-order valence-electron chi connectivity index (χ3n) is 2.64. The van der Waals surface area contributed by atoms with E-state index >= 15 is 0 Å². The maximum atomic E-state index is 6.11. The van der Waals surface area contributed by atoms with Crippen molar-refractivity contribution in [2.45, 2.75) is 31.9 Å². The molecule has 0 saturated heterocycles. The topological polar surface area (TPSA) is 35.2 Å². The lowest BCUT2D eigenvalue weighted by atomic mass is 10.0. The molecular formula is C11H13BrClNO. The SMILES string of the molecule is CCCC1Oc2c(Cl)cc(Br)cc2C1N. The van der Waals surface area contributed by atoms with E-state index in [4.69, 9.17) is 22.1 Å². The van der Waals surface area contributed by atoms with Crippen LogP contribution in [-0.4, -0.2) is 6.10 Å². The lowest BCUT2D eigenvalue weighted by molar-refractivity contribution is 0.195. The number of nitrogens with two attached hydrogens (primary N) is 1. The number of hydrogen-bond donors (Lipinski definition) is 1. The van der Waals surface area contributed by atoms with E-state index in [1.54, 1.807) is 0 Å². The van der Waals surface area contributed by atoms with Gasteiger partial charge in [-0.2, -0.15) is 0 Å². The molecule has 1 aliphatic rings. The number of halogens is 2. The molecule has 82 valence electrons. The normalized spacial score (nSPS) is 23.7. The van der Waals surface area contributed by atoms with Crippen molar-refractivity contribution in [3.8, 4) is 5.75 Å². The number of ether oxygens (including phenoxy) is 1. The van der Waals surface area contributed by atoms with Gasteiger partial charge in [0.15, 0.2) is 0 Å². The fourth-order valence-electron chi connectivity index (χ4n) is 1.90. The van der Waals surface area contributed by atoms with Gasteiger partial charge in [-0.05, 0) is 18.6 Å². The van der Waals surface area contributed by atoms with Crippen LogP contribution in [0, 0.1) is 0 Å². The molecule has 15 heavy (non-hydrogen) atoms. The second kappa shape index (κ2) is 4.32. The maximum absolute atomic E-state index is 6.11. The van der Waals surface area contributed by atoms with E-state index in [1.165, 1.54) is 0 Å². The van der Waals surface area contributed by atoms with Crippen molar-refractivity contribution >= 4 is 27.5 Å². The molecule has 4 heteroatoms. The van der Waals surface area contributed by atoms with Gasteiger partial charge in [-0.25, -0.2) is 0 Å². The Morgan fingerprint density at radius 2 is 2.27 bits per heavy atom. The summed E-state index contributed by atoms with van der Waals surface area (Å²) in [6.07, 6.45) is 2.09. The predicted molar refractivity (Wildman–Crippen MR) is 65.4 cm³/mol. The summed E-state index contributed by atoms with van der Waals surface area (Å²) in [7, 11) is 0. The van der Waals surface area contributed by atoms with Crippen LogP contribution in [0.5, 0.6) is 5.75 Å². The van der Waals surface area contributed by atoms with Crippen molar-refractivity contribution in [2.24, 2.45) is 5.73 Å². The highest BCUT2D eigenvalue weighted by molar-refractivity contribution is 9.10. The lowest BCUT2D eigenvalue weighted by Gasteiger charge is -2.13. The Bertz CT molecular complexity index is 383. The molecule has 0 aliphatic carbocycles. The van der Waals surface area contributed by atoms with Crippen LogP contribution in [0.4, 0.5) is 0 Å². The monoisotopic (exact) mass is 289 g/mol. The molecule has 0 radical (unpaired) electrons. The summed E-state index contributed by atoms with van der Waals surface area (Å²) in [4.78, 5) is 0. The minimum atomic E-state index is -0.0602. The van der Waals surface area contributed by atoms with Gasteiger partial charge in [-0.1, -0.05) is 40.9 Å². The summed E-state index contributed by atoms with van der Waals surface area (Å²) in [6.45, 7) is 2.12. The van der Waals surface area contributed by atoms with Gasteiger partial charge in [-0.15, -0.1) is 0 Å². The molecule has 0 fully saturated rings. The maximum Gasteiger partial charge on any atom is 0.143 e. The zero-order chi connectivity index (χ0) is 11.0. The van der Waals surface area contributed by atoms with Crippen molar-refractivity contribution in [1.82, 2.24) is 0 Å². The summed E-state index contributed by atoms with van der Waals surface area (Å²) in [5, 5.41) is 0.633. The van der Waals surface area contributed by atoms with Crippen LogP contribution < -0.4 is 10.5 Å². The van der Waals surface area contributed by atoms with Gasteiger partial charge in [-0.3, -0.25) is 0 Å². The molecule has 1 aliphatic heterocycles. The van der Waals surface area contributed by atoms with Crippen LogP contribution in [-0.2, 0) is 0 Å². The number of fused-ring (bicyclic) bond motifs is 1. The van der Waals surface area contributed by atoms with Gasteiger partial charge in [0.25, 0.3) is 0 Å². The fourth-order valence-corrected chi connectivity index (χ4v) is 2.78. The van der Waals surface area contributed by atoms with Crippen LogP contribution >= 0.6 is 27.5 Å². The molecule has 2 N–H and O–H groups in total. The molecule has 0 bridgehead atoms. The molecule has 0 aromatic heterocycles. The number of rotatable bonds is 2. The Balaban J connectivity index is 2.36. The molecule has 1 aromatic carbocycles.